The molecule has 1 N–H and O–H groups in total. The van der Waals surface area contributed by atoms with Gasteiger partial charge in [-0.1, -0.05) is 0 Å². The van der Waals surface area contributed by atoms with Crippen LogP contribution >= 0.6 is 11.3 Å². The van der Waals surface area contributed by atoms with Crippen molar-refractivity contribution in [3.63, 3.8) is 0 Å². The molecular weight excluding hydrogens is 277 g/mol. The molecule has 1 heterocycles. The summed E-state index contributed by atoms with van der Waals surface area (Å²) in [6.07, 6.45) is 0.00886. The van der Waals surface area contributed by atoms with Crippen molar-refractivity contribution in [1.82, 2.24) is 4.98 Å². The van der Waals surface area contributed by atoms with Crippen LogP contribution in [-0.4, -0.2) is 10.9 Å². The van der Waals surface area contributed by atoms with Crippen LogP contribution in [-0.2, 0) is 11.2 Å². The van der Waals surface area contributed by atoms with E-state index in [0.29, 0.717) is 5.69 Å². The summed E-state index contributed by atoms with van der Waals surface area (Å²) in [4.78, 5) is 16.4. The van der Waals surface area contributed by atoms with Gasteiger partial charge < -0.3 is 5.32 Å². The molecule has 0 aliphatic carbocycles. The summed E-state index contributed by atoms with van der Waals surface area (Å²) < 4.78 is 39.0. The van der Waals surface area contributed by atoms with E-state index in [1.807, 2.05) is 0 Å². The van der Waals surface area contributed by atoms with Gasteiger partial charge in [0.05, 0.1) is 23.3 Å². The number of hydrogen-bond acceptors (Lipinski definition) is 3. The highest BCUT2D eigenvalue weighted by atomic mass is 32.1. The Hall–Kier alpha value is -1.89. The number of benzene rings is 1. The van der Waals surface area contributed by atoms with E-state index in [2.05, 4.69) is 10.3 Å². The number of nitrogens with zero attached hydrogens (tertiary/aromatic N) is 1. The molecule has 2 aromatic rings. The summed E-state index contributed by atoms with van der Waals surface area (Å²) in [5.41, 5.74) is 1.92. The standard InChI is InChI=1S/C12H9F3N2OS/c1-6-9(19-5-16-6)4-10(18)17-8-3-2-7(13)11(14)12(8)15/h2-3,5H,4H2,1H3,(H,17,18). The van der Waals surface area contributed by atoms with Gasteiger partial charge in [0.2, 0.25) is 5.91 Å². The average Bonchev–Trinajstić information content (AvgIpc) is 2.76. The number of aryl methyl sites for hydroxylation is 1. The average molecular weight is 286 g/mol. The number of hydrogen-bond donors (Lipinski definition) is 1. The predicted molar refractivity (Wildman–Crippen MR) is 65.5 cm³/mol. The number of carbonyl (C=O) groups is 1. The molecule has 0 bridgehead atoms. The van der Waals surface area contributed by atoms with Gasteiger partial charge in [0.1, 0.15) is 0 Å². The number of carbonyl (C=O) groups excluding carboxylic acids is 1. The third-order valence-corrected chi connectivity index (χ3v) is 3.41. The second-order valence-corrected chi connectivity index (χ2v) is 4.75. The van der Waals surface area contributed by atoms with Gasteiger partial charge in [-0.2, -0.15) is 0 Å². The molecule has 19 heavy (non-hydrogen) atoms. The molecule has 0 aliphatic rings. The summed E-state index contributed by atoms with van der Waals surface area (Å²) in [5.74, 6) is -4.83. The molecule has 0 unspecified atom stereocenters. The van der Waals surface area contributed by atoms with E-state index in [1.165, 1.54) is 11.3 Å². The van der Waals surface area contributed by atoms with Crippen LogP contribution in [0.4, 0.5) is 18.9 Å². The lowest BCUT2D eigenvalue weighted by Crippen LogP contribution is -2.16. The first kappa shape index (κ1) is 13.5. The fourth-order valence-electron chi connectivity index (χ4n) is 1.46. The fraction of sp³-hybridized carbons (Fsp3) is 0.167. The lowest BCUT2D eigenvalue weighted by atomic mass is 10.2. The van der Waals surface area contributed by atoms with Gasteiger partial charge in [0, 0.05) is 4.88 Å². The third kappa shape index (κ3) is 2.93. The summed E-state index contributed by atoms with van der Waals surface area (Å²) in [5, 5.41) is 2.20. The molecular formula is C12H9F3N2OS. The number of aromatic nitrogens is 1. The smallest absolute Gasteiger partial charge is 0.229 e. The Morgan fingerprint density at radius 1 is 1.32 bits per heavy atom. The zero-order chi connectivity index (χ0) is 14.0. The summed E-state index contributed by atoms with van der Waals surface area (Å²) in [6, 6.07) is 1.73. The topological polar surface area (TPSA) is 42.0 Å². The van der Waals surface area contributed by atoms with Gasteiger partial charge in [-0.05, 0) is 19.1 Å². The molecule has 2 rings (SSSR count). The van der Waals surface area contributed by atoms with Crippen molar-refractivity contribution in [2.24, 2.45) is 0 Å². The molecule has 0 saturated heterocycles. The van der Waals surface area contributed by atoms with Crippen LogP contribution in [0.2, 0.25) is 0 Å². The van der Waals surface area contributed by atoms with Crippen molar-refractivity contribution in [2.45, 2.75) is 13.3 Å². The molecule has 0 spiro atoms. The van der Waals surface area contributed by atoms with Crippen LogP contribution < -0.4 is 5.32 Å². The van der Waals surface area contributed by atoms with Gasteiger partial charge in [-0.25, -0.2) is 18.2 Å². The zero-order valence-corrected chi connectivity index (χ0v) is 10.7. The minimum Gasteiger partial charge on any atom is -0.323 e. The maximum absolute atomic E-state index is 13.3. The maximum Gasteiger partial charge on any atom is 0.229 e. The molecule has 100 valence electrons. The number of halogens is 3. The molecule has 1 aromatic heterocycles. The van der Waals surface area contributed by atoms with Crippen LogP contribution in [0.1, 0.15) is 10.6 Å². The number of nitrogens with one attached hydrogen (secondary N) is 1. The highest BCUT2D eigenvalue weighted by Gasteiger charge is 2.16. The van der Waals surface area contributed by atoms with E-state index in [0.717, 1.165) is 17.0 Å². The van der Waals surface area contributed by atoms with Gasteiger partial charge in [0.25, 0.3) is 0 Å². The van der Waals surface area contributed by atoms with Crippen molar-refractivity contribution >= 4 is 22.9 Å². The molecule has 0 aliphatic heterocycles. The van der Waals surface area contributed by atoms with Crippen molar-refractivity contribution < 1.29 is 18.0 Å². The van der Waals surface area contributed by atoms with Crippen molar-refractivity contribution in [3.8, 4) is 0 Å². The number of rotatable bonds is 3. The first-order valence-corrected chi connectivity index (χ1v) is 6.19. The van der Waals surface area contributed by atoms with Crippen LogP contribution in [0.25, 0.3) is 0 Å². The minimum absolute atomic E-state index is 0.00886. The number of amides is 1. The predicted octanol–water partition coefficient (Wildman–Crippen LogP) is 3.05. The summed E-state index contributed by atoms with van der Waals surface area (Å²) >= 11 is 1.30. The van der Waals surface area contributed by atoms with Crippen LogP contribution in [0.15, 0.2) is 17.6 Å². The van der Waals surface area contributed by atoms with Gasteiger partial charge in [-0.3, -0.25) is 4.79 Å². The Balaban J connectivity index is 2.12. The van der Waals surface area contributed by atoms with Gasteiger partial charge in [0.15, 0.2) is 17.5 Å². The van der Waals surface area contributed by atoms with Crippen LogP contribution in [0.5, 0.6) is 0 Å². The molecule has 0 fully saturated rings. The summed E-state index contributed by atoms with van der Waals surface area (Å²) in [7, 11) is 0. The van der Waals surface area contributed by atoms with E-state index < -0.39 is 23.4 Å². The quantitative estimate of drug-likeness (QED) is 0.881. The first-order valence-electron chi connectivity index (χ1n) is 5.31. The molecule has 3 nitrogen and oxygen atoms in total. The Morgan fingerprint density at radius 3 is 2.68 bits per heavy atom. The fourth-order valence-corrected chi connectivity index (χ4v) is 2.23. The Kier molecular flexibility index (Phi) is 3.84. The zero-order valence-electron chi connectivity index (χ0n) is 9.84. The summed E-state index contributed by atoms with van der Waals surface area (Å²) in [6.45, 7) is 1.75. The van der Waals surface area contributed by atoms with Gasteiger partial charge in [-0.15, -0.1) is 11.3 Å². The van der Waals surface area contributed by atoms with E-state index in [1.54, 1.807) is 12.4 Å². The molecule has 1 amide bonds. The Morgan fingerprint density at radius 2 is 2.05 bits per heavy atom. The van der Waals surface area contributed by atoms with Crippen molar-refractivity contribution in [1.29, 1.82) is 0 Å². The second-order valence-electron chi connectivity index (χ2n) is 3.81. The molecule has 1 aromatic carbocycles. The monoisotopic (exact) mass is 286 g/mol. The highest BCUT2D eigenvalue weighted by molar-refractivity contribution is 7.09. The number of thiazole rings is 1. The third-order valence-electron chi connectivity index (χ3n) is 2.48. The van der Waals surface area contributed by atoms with Gasteiger partial charge >= 0.3 is 0 Å². The number of anilines is 1. The van der Waals surface area contributed by atoms with Crippen molar-refractivity contribution in [2.75, 3.05) is 5.32 Å². The lowest BCUT2D eigenvalue weighted by Gasteiger charge is -2.06. The lowest BCUT2D eigenvalue weighted by molar-refractivity contribution is -0.115. The van der Waals surface area contributed by atoms with E-state index in [-0.39, 0.29) is 12.1 Å². The Labute approximate surface area is 111 Å². The molecule has 0 radical (unpaired) electrons. The van der Waals surface area contributed by atoms with E-state index >= 15 is 0 Å². The van der Waals surface area contributed by atoms with Crippen molar-refractivity contribution in [3.05, 3.63) is 45.7 Å². The second kappa shape index (κ2) is 5.40. The van der Waals surface area contributed by atoms with Crippen LogP contribution in [0, 0.1) is 24.4 Å². The Bertz CT molecular complexity index is 627. The van der Waals surface area contributed by atoms with E-state index in [9.17, 15) is 18.0 Å². The maximum atomic E-state index is 13.3. The largest absolute Gasteiger partial charge is 0.323 e. The van der Waals surface area contributed by atoms with Crippen LogP contribution in [0.3, 0.4) is 0 Å². The minimum atomic E-state index is -1.60. The SMILES string of the molecule is Cc1ncsc1CC(=O)Nc1ccc(F)c(F)c1F. The molecule has 7 heteroatoms. The normalized spacial score (nSPS) is 10.5. The molecule has 0 saturated carbocycles. The first-order chi connectivity index (χ1) is 8.99. The molecule has 0 atom stereocenters. The highest BCUT2D eigenvalue weighted by Crippen LogP contribution is 2.20. The van der Waals surface area contributed by atoms with E-state index in [4.69, 9.17) is 0 Å².